The molecule has 0 saturated carbocycles. The zero-order valence-electron chi connectivity index (χ0n) is 8.62. The highest BCUT2D eigenvalue weighted by Crippen LogP contribution is 2.24. The molecular weight excluding hydrogens is 174 g/mol. The lowest BCUT2D eigenvalue weighted by Crippen LogP contribution is -2.21. The number of nitrogens with two attached hydrogens (primary N) is 1. The summed E-state index contributed by atoms with van der Waals surface area (Å²) >= 11 is 0. The fraction of sp³-hybridized carbons (Fsp3) is 0.500. The summed E-state index contributed by atoms with van der Waals surface area (Å²) < 4.78 is 5.22. The largest absolute Gasteiger partial charge is 0.497 e. The van der Waals surface area contributed by atoms with E-state index in [0.717, 1.165) is 25.0 Å². The molecule has 0 radical (unpaired) electrons. The molecule has 1 unspecified atom stereocenters. The number of hydrogen-bond acceptors (Lipinski definition) is 2. The third-order valence-electron chi connectivity index (χ3n) is 2.92. The topological polar surface area (TPSA) is 35.2 Å². The quantitative estimate of drug-likeness (QED) is 0.688. The van der Waals surface area contributed by atoms with Gasteiger partial charge in [0.25, 0.3) is 0 Å². The first kappa shape index (κ1) is 9.53. The summed E-state index contributed by atoms with van der Waals surface area (Å²) in [6, 6.07) is 6.66. The maximum absolute atomic E-state index is 6.00. The van der Waals surface area contributed by atoms with Crippen LogP contribution < -0.4 is 10.5 Å². The summed E-state index contributed by atoms with van der Waals surface area (Å²) in [7, 11) is 1.71. The fourth-order valence-electron chi connectivity index (χ4n) is 2.10. The van der Waals surface area contributed by atoms with Crippen molar-refractivity contribution in [2.75, 3.05) is 7.11 Å². The highest BCUT2D eigenvalue weighted by Gasteiger charge is 2.13. The standard InChI is InChI=1S/C12H17NO/c1-14-12-6-5-9-3-2-4-11(13)7-10(9)8-12/h5-6,8,11H,2-4,7,13H2,1H3. The highest BCUT2D eigenvalue weighted by atomic mass is 16.5. The van der Waals surface area contributed by atoms with Gasteiger partial charge in [0.05, 0.1) is 7.11 Å². The van der Waals surface area contributed by atoms with Crippen LogP contribution in [0.1, 0.15) is 24.0 Å². The smallest absolute Gasteiger partial charge is 0.119 e. The van der Waals surface area contributed by atoms with Crippen molar-refractivity contribution >= 4 is 0 Å². The van der Waals surface area contributed by atoms with Gasteiger partial charge in [-0.2, -0.15) is 0 Å². The first-order chi connectivity index (χ1) is 6.79. The van der Waals surface area contributed by atoms with E-state index in [4.69, 9.17) is 10.5 Å². The van der Waals surface area contributed by atoms with Crippen molar-refractivity contribution < 1.29 is 4.74 Å². The Hall–Kier alpha value is -1.02. The second-order valence-electron chi connectivity index (χ2n) is 3.99. The summed E-state index contributed by atoms with van der Waals surface area (Å²) in [5.74, 6) is 0.942. The van der Waals surface area contributed by atoms with Crippen LogP contribution in [0.3, 0.4) is 0 Å². The molecule has 1 aromatic carbocycles. The fourth-order valence-corrected chi connectivity index (χ4v) is 2.10. The van der Waals surface area contributed by atoms with E-state index < -0.39 is 0 Å². The predicted octanol–water partition coefficient (Wildman–Crippen LogP) is 1.90. The van der Waals surface area contributed by atoms with Crippen LogP contribution in [0.25, 0.3) is 0 Å². The molecule has 2 N–H and O–H groups in total. The lowest BCUT2D eigenvalue weighted by Gasteiger charge is -2.10. The maximum atomic E-state index is 6.00. The molecule has 14 heavy (non-hydrogen) atoms. The second-order valence-corrected chi connectivity index (χ2v) is 3.99. The van der Waals surface area contributed by atoms with Crippen LogP contribution in [0, 0.1) is 0 Å². The molecule has 1 aromatic rings. The Balaban J connectivity index is 2.32. The monoisotopic (exact) mass is 191 g/mol. The predicted molar refractivity (Wildman–Crippen MR) is 57.6 cm³/mol. The molecule has 2 heteroatoms. The summed E-state index contributed by atoms with van der Waals surface area (Å²) in [5.41, 5.74) is 8.81. The van der Waals surface area contributed by atoms with E-state index in [1.165, 1.54) is 17.5 Å². The van der Waals surface area contributed by atoms with Gasteiger partial charge in [0.2, 0.25) is 0 Å². The van der Waals surface area contributed by atoms with Gasteiger partial charge in [0.15, 0.2) is 0 Å². The van der Waals surface area contributed by atoms with E-state index in [2.05, 4.69) is 12.1 Å². The molecule has 0 heterocycles. The Morgan fingerprint density at radius 2 is 2.21 bits per heavy atom. The van der Waals surface area contributed by atoms with Gasteiger partial charge in [0.1, 0.15) is 5.75 Å². The number of aryl methyl sites for hydroxylation is 1. The van der Waals surface area contributed by atoms with Crippen molar-refractivity contribution in [1.29, 1.82) is 0 Å². The average Bonchev–Trinajstić information content (AvgIpc) is 2.37. The number of rotatable bonds is 1. The minimum absolute atomic E-state index is 0.323. The van der Waals surface area contributed by atoms with E-state index in [1.54, 1.807) is 7.11 Å². The number of methoxy groups -OCH3 is 1. The molecule has 0 bridgehead atoms. The van der Waals surface area contributed by atoms with Crippen molar-refractivity contribution in [3.05, 3.63) is 29.3 Å². The molecule has 1 aliphatic carbocycles. The van der Waals surface area contributed by atoms with E-state index >= 15 is 0 Å². The molecule has 0 aliphatic heterocycles. The summed E-state index contributed by atoms with van der Waals surface area (Å²) in [5, 5.41) is 0. The number of hydrogen-bond donors (Lipinski definition) is 1. The van der Waals surface area contributed by atoms with Crippen LogP contribution in [0.2, 0.25) is 0 Å². The van der Waals surface area contributed by atoms with Crippen LogP contribution in [0.15, 0.2) is 18.2 Å². The van der Waals surface area contributed by atoms with Crippen molar-refractivity contribution in [3.8, 4) is 5.75 Å². The van der Waals surface area contributed by atoms with Crippen LogP contribution in [0.4, 0.5) is 0 Å². The molecule has 0 spiro atoms. The second kappa shape index (κ2) is 4.01. The number of ether oxygens (including phenoxy) is 1. The van der Waals surface area contributed by atoms with Crippen LogP contribution >= 0.6 is 0 Å². The SMILES string of the molecule is COc1ccc2c(c1)CC(N)CCC2. The molecule has 0 saturated heterocycles. The molecule has 2 rings (SSSR count). The van der Waals surface area contributed by atoms with Gasteiger partial charge in [0, 0.05) is 6.04 Å². The van der Waals surface area contributed by atoms with Gasteiger partial charge in [-0.3, -0.25) is 0 Å². The van der Waals surface area contributed by atoms with Gasteiger partial charge >= 0.3 is 0 Å². The molecular formula is C12H17NO. The molecule has 0 fully saturated rings. The minimum atomic E-state index is 0.323. The molecule has 1 atom stereocenters. The van der Waals surface area contributed by atoms with Gasteiger partial charge in [-0.05, 0) is 48.9 Å². The first-order valence-corrected chi connectivity index (χ1v) is 5.21. The van der Waals surface area contributed by atoms with Gasteiger partial charge in [-0.25, -0.2) is 0 Å². The Bertz CT molecular complexity index is 322. The Labute approximate surface area is 85.1 Å². The van der Waals surface area contributed by atoms with E-state index in [1.807, 2.05) is 6.07 Å². The van der Waals surface area contributed by atoms with E-state index in [9.17, 15) is 0 Å². The Morgan fingerprint density at radius 1 is 1.36 bits per heavy atom. The van der Waals surface area contributed by atoms with Gasteiger partial charge < -0.3 is 10.5 Å². The maximum Gasteiger partial charge on any atom is 0.119 e. The van der Waals surface area contributed by atoms with Crippen LogP contribution in [-0.2, 0) is 12.8 Å². The van der Waals surface area contributed by atoms with Crippen molar-refractivity contribution in [2.24, 2.45) is 5.73 Å². The van der Waals surface area contributed by atoms with E-state index in [0.29, 0.717) is 6.04 Å². The average molecular weight is 191 g/mol. The zero-order valence-corrected chi connectivity index (χ0v) is 8.62. The Morgan fingerprint density at radius 3 is 3.00 bits per heavy atom. The molecule has 0 amide bonds. The third-order valence-corrected chi connectivity index (χ3v) is 2.92. The van der Waals surface area contributed by atoms with Crippen LogP contribution in [0.5, 0.6) is 5.75 Å². The lowest BCUT2D eigenvalue weighted by atomic mass is 10.0. The first-order valence-electron chi connectivity index (χ1n) is 5.21. The molecule has 76 valence electrons. The Kier molecular flexibility index (Phi) is 2.73. The highest BCUT2D eigenvalue weighted by molar-refractivity contribution is 5.37. The van der Waals surface area contributed by atoms with Crippen molar-refractivity contribution in [1.82, 2.24) is 0 Å². The number of fused-ring (bicyclic) bond motifs is 1. The van der Waals surface area contributed by atoms with Crippen molar-refractivity contribution in [3.63, 3.8) is 0 Å². The molecule has 1 aliphatic rings. The summed E-state index contributed by atoms with van der Waals surface area (Å²) in [4.78, 5) is 0. The lowest BCUT2D eigenvalue weighted by molar-refractivity contribution is 0.414. The zero-order chi connectivity index (χ0) is 9.97. The minimum Gasteiger partial charge on any atom is -0.497 e. The molecule has 0 aromatic heterocycles. The third kappa shape index (κ3) is 1.90. The van der Waals surface area contributed by atoms with Crippen LogP contribution in [-0.4, -0.2) is 13.2 Å². The summed E-state index contributed by atoms with van der Waals surface area (Å²) in [6.07, 6.45) is 4.50. The van der Waals surface area contributed by atoms with Gasteiger partial charge in [-0.1, -0.05) is 6.07 Å². The number of benzene rings is 1. The van der Waals surface area contributed by atoms with Gasteiger partial charge in [-0.15, -0.1) is 0 Å². The van der Waals surface area contributed by atoms with Crippen molar-refractivity contribution in [2.45, 2.75) is 31.7 Å². The normalized spacial score (nSPS) is 21.1. The molecule has 2 nitrogen and oxygen atoms in total. The summed E-state index contributed by atoms with van der Waals surface area (Å²) in [6.45, 7) is 0. The van der Waals surface area contributed by atoms with E-state index in [-0.39, 0.29) is 0 Å².